The van der Waals surface area contributed by atoms with Crippen LogP contribution < -0.4 is 0 Å². The fourth-order valence-electron chi connectivity index (χ4n) is 0.985. The zero-order chi connectivity index (χ0) is 7.56. The number of hydrogen-bond donors (Lipinski definition) is 1. The van der Waals surface area contributed by atoms with Gasteiger partial charge in [-0.25, -0.2) is 0 Å². The predicted molar refractivity (Wildman–Crippen MR) is 34.6 cm³/mol. The van der Waals surface area contributed by atoms with E-state index in [9.17, 15) is 9.59 Å². The van der Waals surface area contributed by atoms with E-state index in [-0.39, 0.29) is 12.2 Å². The van der Waals surface area contributed by atoms with Crippen molar-refractivity contribution in [2.24, 2.45) is 0 Å². The normalized spacial score (nSPS) is 17.2. The molecule has 0 fully saturated rings. The Balaban J connectivity index is 2.44. The van der Waals surface area contributed by atoms with Crippen LogP contribution in [-0.2, 0) is 9.59 Å². The molecule has 0 aromatic heterocycles. The average Bonchev–Trinajstić information content (AvgIpc) is 2.13. The van der Waals surface area contributed by atoms with Gasteiger partial charge in [0.25, 0.3) is 0 Å². The first kappa shape index (κ1) is 6.99. The van der Waals surface area contributed by atoms with Gasteiger partial charge in [0, 0.05) is 12.8 Å². The smallest absolute Gasteiger partial charge is 0.307 e. The molecule has 1 aliphatic rings. The van der Waals surface area contributed by atoms with Crippen molar-refractivity contribution in [2.75, 3.05) is 0 Å². The summed E-state index contributed by atoms with van der Waals surface area (Å²) in [6, 6.07) is 0. The van der Waals surface area contributed by atoms with Crippen molar-refractivity contribution >= 4 is 11.8 Å². The summed E-state index contributed by atoms with van der Waals surface area (Å²) in [7, 11) is 0. The third-order valence-electron chi connectivity index (χ3n) is 1.42. The van der Waals surface area contributed by atoms with Crippen LogP contribution in [0, 0.1) is 0 Å². The Morgan fingerprint density at radius 3 is 2.80 bits per heavy atom. The molecular weight excluding hydrogens is 132 g/mol. The van der Waals surface area contributed by atoms with E-state index in [1.54, 1.807) is 6.08 Å². The van der Waals surface area contributed by atoms with Gasteiger partial charge in [-0.1, -0.05) is 11.6 Å². The lowest BCUT2D eigenvalue weighted by molar-refractivity contribution is -0.136. The molecule has 0 atom stereocenters. The molecule has 3 nitrogen and oxygen atoms in total. The van der Waals surface area contributed by atoms with E-state index in [2.05, 4.69) is 0 Å². The van der Waals surface area contributed by atoms with E-state index in [0.29, 0.717) is 12.8 Å². The Morgan fingerprint density at radius 2 is 2.40 bits per heavy atom. The SMILES string of the molecule is O=C(O)CC1=CCC(=O)C1. The summed E-state index contributed by atoms with van der Waals surface area (Å²) < 4.78 is 0. The monoisotopic (exact) mass is 140 g/mol. The highest BCUT2D eigenvalue weighted by Gasteiger charge is 2.14. The van der Waals surface area contributed by atoms with Crippen LogP contribution in [0.15, 0.2) is 11.6 Å². The Kier molecular flexibility index (Phi) is 1.85. The molecular formula is C7H8O3. The Bertz CT molecular complexity index is 203. The van der Waals surface area contributed by atoms with Crippen LogP contribution in [-0.4, -0.2) is 16.9 Å². The van der Waals surface area contributed by atoms with Gasteiger partial charge in [0.15, 0.2) is 0 Å². The van der Waals surface area contributed by atoms with Gasteiger partial charge in [0.1, 0.15) is 5.78 Å². The van der Waals surface area contributed by atoms with Gasteiger partial charge in [-0.2, -0.15) is 0 Å². The largest absolute Gasteiger partial charge is 0.481 e. The molecule has 0 aromatic rings. The molecule has 0 amide bonds. The fourth-order valence-corrected chi connectivity index (χ4v) is 0.985. The first-order valence-electron chi connectivity index (χ1n) is 3.10. The lowest BCUT2D eigenvalue weighted by Gasteiger charge is -1.91. The molecule has 54 valence electrons. The first-order chi connectivity index (χ1) is 4.68. The van der Waals surface area contributed by atoms with Gasteiger partial charge in [-0.15, -0.1) is 0 Å². The van der Waals surface area contributed by atoms with Crippen LogP contribution in [0.5, 0.6) is 0 Å². The summed E-state index contributed by atoms with van der Waals surface area (Å²) in [5.41, 5.74) is 0.748. The molecule has 1 aliphatic carbocycles. The molecule has 0 aromatic carbocycles. The van der Waals surface area contributed by atoms with E-state index >= 15 is 0 Å². The number of rotatable bonds is 2. The molecule has 0 spiro atoms. The molecule has 0 saturated heterocycles. The first-order valence-corrected chi connectivity index (χ1v) is 3.10. The summed E-state index contributed by atoms with van der Waals surface area (Å²) in [6.07, 6.45) is 2.48. The Hall–Kier alpha value is -1.12. The molecule has 0 radical (unpaired) electrons. The third-order valence-corrected chi connectivity index (χ3v) is 1.42. The number of Topliss-reactive ketones (excluding diaryl/α,β-unsaturated/α-hetero) is 1. The van der Waals surface area contributed by atoms with Crippen molar-refractivity contribution in [1.29, 1.82) is 0 Å². The number of hydrogen-bond acceptors (Lipinski definition) is 2. The Morgan fingerprint density at radius 1 is 1.70 bits per heavy atom. The van der Waals surface area contributed by atoms with E-state index in [1.807, 2.05) is 0 Å². The summed E-state index contributed by atoms with van der Waals surface area (Å²) in [5.74, 6) is -0.739. The van der Waals surface area contributed by atoms with Gasteiger partial charge in [0.2, 0.25) is 0 Å². The second-order valence-electron chi connectivity index (χ2n) is 2.35. The number of carboxylic acid groups (broad SMARTS) is 1. The molecule has 0 aliphatic heterocycles. The van der Waals surface area contributed by atoms with E-state index in [0.717, 1.165) is 5.57 Å². The average molecular weight is 140 g/mol. The van der Waals surface area contributed by atoms with Crippen LogP contribution in [0.1, 0.15) is 19.3 Å². The van der Waals surface area contributed by atoms with Crippen molar-refractivity contribution in [1.82, 2.24) is 0 Å². The number of carbonyl (C=O) groups excluding carboxylic acids is 1. The van der Waals surface area contributed by atoms with E-state index in [1.165, 1.54) is 0 Å². The molecule has 0 bridgehead atoms. The number of carboxylic acids is 1. The maximum absolute atomic E-state index is 10.6. The van der Waals surface area contributed by atoms with Crippen LogP contribution >= 0.6 is 0 Å². The minimum absolute atomic E-state index is 0.0196. The minimum Gasteiger partial charge on any atom is -0.481 e. The molecule has 0 unspecified atom stereocenters. The maximum atomic E-state index is 10.6. The van der Waals surface area contributed by atoms with Crippen molar-refractivity contribution in [3.05, 3.63) is 11.6 Å². The third kappa shape index (κ3) is 1.69. The van der Waals surface area contributed by atoms with Crippen LogP contribution in [0.25, 0.3) is 0 Å². The second-order valence-corrected chi connectivity index (χ2v) is 2.35. The summed E-state index contributed by atoms with van der Waals surface area (Å²) in [4.78, 5) is 20.7. The van der Waals surface area contributed by atoms with Crippen molar-refractivity contribution < 1.29 is 14.7 Å². The van der Waals surface area contributed by atoms with Crippen molar-refractivity contribution in [3.8, 4) is 0 Å². The van der Waals surface area contributed by atoms with Crippen molar-refractivity contribution in [3.63, 3.8) is 0 Å². The molecule has 0 heterocycles. The molecule has 3 heteroatoms. The lowest BCUT2D eigenvalue weighted by Crippen LogP contribution is -1.97. The molecule has 0 saturated carbocycles. The highest BCUT2D eigenvalue weighted by Crippen LogP contribution is 2.17. The molecule has 1 N–H and O–H groups in total. The lowest BCUT2D eigenvalue weighted by atomic mass is 10.2. The van der Waals surface area contributed by atoms with E-state index < -0.39 is 5.97 Å². The zero-order valence-electron chi connectivity index (χ0n) is 5.46. The van der Waals surface area contributed by atoms with E-state index in [4.69, 9.17) is 5.11 Å². The van der Waals surface area contributed by atoms with Crippen LogP contribution in [0.3, 0.4) is 0 Å². The van der Waals surface area contributed by atoms with Gasteiger partial charge in [-0.3, -0.25) is 9.59 Å². The second kappa shape index (κ2) is 2.64. The zero-order valence-corrected chi connectivity index (χ0v) is 5.46. The molecule has 10 heavy (non-hydrogen) atoms. The summed E-state index contributed by atoms with van der Waals surface area (Å²) in [5, 5.41) is 8.31. The number of ketones is 1. The summed E-state index contributed by atoms with van der Waals surface area (Å²) in [6.45, 7) is 0. The van der Waals surface area contributed by atoms with Gasteiger partial charge in [-0.05, 0) is 0 Å². The number of carbonyl (C=O) groups is 2. The standard InChI is InChI=1S/C7H8O3/c8-6-2-1-5(3-6)4-7(9)10/h1H,2-4H2,(H,9,10). The maximum Gasteiger partial charge on any atom is 0.307 e. The fraction of sp³-hybridized carbons (Fsp3) is 0.429. The van der Waals surface area contributed by atoms with Crippen LogP contribution in [0.4, 0.5) is 0 Å². The highest BCUT2D eigenvalue weighted by atomic mass is 16.4. The Labute approximate surface area is 58.4 Å². The quantitative estimate of drug-likeness (QED) is 0.576. The molecule has 1 rings (SSSR count). The van der Waals surface area contributed by atoms with Crippen LogP contribution in [0.2, 0.25) is 0 Å². The number of allylic oxidation sites excluding steroid dienone is 1. The minimum atomic E-state index is -0.860. The highest BCUT2D eigenvalue weighted by molar-refractivity contribution is 5.87. The topological polar surface area (TPSA) is 54.4 Å². The van der Waals surface area contributed by atoms with Gasteiger partial charge < -0.3 is 5.11 Å². The summed E-state index contributed by atoms with van der Waals surface area (Å²) >= 11 is 0. The van der Waals surface area contributed by atoms with Gasteiger partial charge >= 0.3 is 5.97 Å². The number of aliphatic carboxylic acids is 1. The van der Waals surface area contributed by atoms with Crippen molar-refractivity contribution in [2.45, 2.75) is 19.3 Å². The van der Waals surface area contributed by atoms with Gasteiger partial charge in [0.05, 0.1) is 6.42 Å². The predicted octanol–water partition coefficient (Wildman–Crippen LogP) is 0.750.